The van der Waals surface area contributed by atoms with E-state index in [1.807, 2.05) is 0 Å². The van der Waals surface area contributed by atoms with Crippen molar-refractivity contribution in [3.05, 3.63) is 119 Å². The van der Waals surface area contributed by atoms with Crippen LogP contribution in [0.15, 0.2) is 103 Å². The number of aliphatic hydroxyl groups is 10. The van der Waals surface area contributed by atoms with Gasteiger partial charge in [-0.15, -0.1) is 0 Å². The lowest BCUT2D eigenvalue weighted by molar-refractivity contribution is -0.386. The van der Waals surface area contributed by atoms with E-state index in [9.17, 15) is 95.1 Å². The molecule has 13 N–H and O–H groups in total. The zero-order valence-electron chi connectivity index (χ0n) is 56.5. The van der Waals surface area contributed by atoms with Gasteiger partial charge in [0.05, 0.1) is 78.4 Å². The first kappa shape index (κ1) is 82.3. The number of carboxylic acids is 1. The van der Waals surface area contributed by atoms with Crippen molar-refractivity contribution in [3.8, 4) is 5.75 Å². The number of amides is 2. The standard InChI is InChI=1S/C68H97N3O28/c1-36-21-19-17-15-13-11-9-10-12-14-16-18-20-22-48(31-54-57(64(85)86)52(80)33-68(88,99-54)32-47(77)29-51(79)50(78)25-24-45(75)28-46(76)30-56(81)93-39(4)37(2)60(36)82)96-66-62(84)58(61(83)40(5)94-66)70-67(87)92-34-44-23-26-53(49(27-44)71(89)90)97-65-59(69-41(6)72)63(95-43(8)74)38(3)55(98-65)35-91-42(7)73/h9-23,26-27,36-40,45-48,50-52,54-55,57-63,65-66,75-80,82-84,88H,24-25,28-35H2,1-8H3,(H,69,72)(H,70,87)(H,85,86)/b10-9+,13-11+,14-12+,17-15+,18-16+,21-19+,22-20+/t36-,37-,38+,39-,40+,45+,46+,47-,48-,50+,51+,52-,54-,55+,57+,58-,59+,60+,61+,62-,63-,65+,66-,68+/m0/s1. The van der Waals surface area contributed by atoms with Crippen LogP contribution in [-0.2, 0) is 68.5 Å². The Morgan fingerprint density at radius 1 is 0.657 bits per heavy atom. The molecule has 3 saturated heterocycles. The number of rotatable bonds is 13. The number of nitrogens with one attached hydrogen (secondary N) is 2. The molecule has 5 rings (SSSR count). The van der Waals surface area contributed by atoms with Gasteiger partial charge < -0.3 is 109 Å². The highest BCUT2D eigenvalue weighted by Gasteiger charge is 2.52. The smallest absolute Gasteiger partial charge is 0.407 e. The zero-order valence-corrected chi connectivity index (χ0v) is 56.5. The number of alkyl carbamates (subject to hydrolysis) is 1. The molecule has 1 aromatic rings. The van der Waals surface area contributed by atoms with Gasteiger partial charge in [0, 0.05) is 70.3 Å². The van der Waals surface area contributed by atoms with Gasteiger partial charge >= 0.3 is 35.7 Å². The maximum atomic E-state index is 13.5. The quantitative estimate of drug-likeness (QED) is 0.0583. The fourth-order valence-corrected chi connectivity index (χ4v) is 11.8. The predicted molar refractivity (Wildman–Crippen MR) is 347 cm³/mol. The van der Waals surface area contributed by atoms with E-state index in [1.54, 1.807) is 101 Å². The van der Waals surface area contributed by atoms with Crippen LogP contribution in [0.3, 0.4) is 0 Å². The van der Waals surface area contributed by atoms with E-state index in [2.05, 4.69) is 10.6 Å². The van der Waals surface area contributed by atoms with Crippen LogP contribution in [0, 0.1) is 33.8 Å². The third-order valence-electron chi connectivity index (χ3n) is 17.3. The van der Waals surface area contributed by atoms with Crippen LogP contribution in [0.1, 0.15) is 112 Å². The molecule has 24 atom stereocenters. The van der Waals surface area contributed by atoms with E-state index < -0.39 is 231 Å². The monoisotopic (exact) mass is 1400 g/mol. The summed E-state index contributed by atoms with van der Waals surface area (Å²) in [5, 5.41) is 140. The van der Waals surface area contributed by atoms with E-state index >= 15 is 0 Å². The van der Waals surface area contributed by atoms with Crippen molar-refractivity contribution in [3.63, 3.8) is 0 Å². The van der Waals surface area contributed by atoms with E-state index in [0.29, 0.717) is 0 Å². The zero-order chi connectivity index (χ0) is 73.4. The number of hydrogen-bond donors (Lipinski definition) is 13. The lowest BCUT2D eigenvalue weighted by Gasteiger charge is -2.45. The normalized spacial score (nSPS) is 38.2. The molecule has 2 amide bonds. The first-order chi connectivity index (χ1) is 46.7. The van der Waals surface area contributed by atoms with E-state index in [4.69, 9.17) is 42.6 Å². The third kappa shape index (κ3) is 26.3. The number of nitro groups is 1. The van der Waals surface area contributed by atoms with Crippen LogP contribution in [-0.4, -0.2) is 226 Å². The number of aliphatic hydroxyl groups excluding tert-OH is 9. The number of allylic oxidation sites excluding steroid dienone is 12. The van der Waals surface area contributed by atoms with E-state index in [-0.39, 0.29) is 37.4 Å². The molecule has 0 spiro atoms. The Hall–Kier alpha value is -7.34. The molecule has 3 fully saturated rings. The maximum absolute atomic E-state index is 13.5. The number of carboxylic acid groups (broad SMARTS) is 1. The van der Waals surface area contributed by atoms with Crippen molar-refractivity contribution in [2.45, 2.75) is 235 Å². The molecular weight excluding hydrogens is 1310 g/mol. The Morgan fingerprint density at radius 3 is 1.88 bits per heavy atom. The van der Waals surface area contributed by atoms with Gasteiger partial charge in [0.1, 0.15) is 55.7 Å². The SMILES string of the molecule is CC(=O)N[C@H]1[C@H](Oc2ccc(COC(=O)N[C@@H]3[C@H](O)[C@H](O[C@H]4/C=C/C=C/C=C/C=C/C=C/C=C/C=C/[C@H](C)[C@@H](O)[C@@H](C)[C@H](C)OC(=O)C[C@H](O)C[C@H](O)CC[C@@H](O)[C@H](O)C[C@H](O)C[C@]5(O)C[C@H](O)[C@@H](C(=O)O)[C@H](C4)O5)O[C@H](C)[C@H]3O)cc2[N+](=O)[O-])O[C@H](COC(C)=O)[C@@H](C)[C@@H]1OC(C)=O. The number of ether oxygens (including phenoxy) is 9. The van der Waals surface area contributed by atoms with Crippen LogP contribution in [0.5, 0.6) is 5.75 Å². The molecule has 0 saturated carbocycles. The first-order valence-electron chi connectivity index (χ1n) is 32.7. The van der Waals surface area contributed by atoms with Crippen LogP contribution >= 0.6 is 0 Å². The van der Waals surface area contributed by atoms with Crippen molar-refractivity contribution in [1.82, 2.24) is 10.6 Å². The van der Waals surface area contributed by atoms with Gasteiger partial charge in [-0.2, -0.15) is 0 Å². The van der Waals surface area contributed by atoms with Gasteiger partial charge in [-0.25, -0.2) is 4.79 Å². The summed E-state index contributed by atoms with van der Waals surface area (Å²) < 4.78 is 51.8. The van der Waals surface area contributed by atoms with Gasteiger partial charge in [-0.3, -0.25) is 34.1 Å². The molecule has 0 aromatic heterocycles. The maximum Gasteiger partial charge on any atom is 0.407 e. The highest BCUT2D eigenvalue weighted by molar-refractivity contribution is 5.74. The lowest BCUT2D eigenvalue weighted by Crippen LogP contribution is -2.64. The largest absolute Gasteiger partial charge is 0.481 e. The highest BCUT2D eigenvalue weighted by Crippen LogP contribution is 2.39. The van der Waals surface area contributed by atoms with Crippen molar-refractivity contribution in [2.75, 3.05) is 6.61 Å². The minimum atomic E-state index is -2.49. The summed E-state index contributed by atoms with van der Waals surface area (Å²) in [7, 11) is 0. The number of hydrogen-bond acceptors (Lipinski definition) is 27. The van der Waals surface area contributed by atoms with Gasteiger partial charge in [-0.05, 0) is 44.7 Å². The number of carbonyl (C=O) groups excluding carboxylic acids is 5. The Morgan fingerprint density at radius 2 is 1.28 bits per heavy atom. The summed E-state index contributed by atoms with van der Waals surface area (Å²) in [5.74, 6) is -10.6. The second-order valence-corrected chi connectivity index (χ2v) is 25.4. The molecule has 2 bridgehead atoms. The van der Waals surface area contributed by atoms with E-state index in [0.717, 1.165) is 26.0 Å². The summed E-state index contributed by atoms with van der Waals surface area (Å²) in [5.41, 5.74) is -0.663. The summed E-state index contributed by atoms with van der Waals surface area (Å²) in [4.78, 5) is 87.2. The van der Waals surface area contributed by atoms with Crippen molar-refractivity contribution >= 4 is 41.6 Å². The average Bonchev–Trinajstić information content (AvgIpc) is 0.796. The fraction of sp³-hybridized carbons (Fsp3) is 0.618. The van der Waals surface area contributed by atoms with Gasteiger partial charge in [-0.1, -0.05) is 112 Å². The molecule has 0 unspecified atom stereocenters. The van der Waals surface area contributed by atoms with Crippen LogP contribution in [0.25, 0.3) is 0 Å². The van der Waals surface area contributed by atoms with Gasteiger partial charge in [0.2, 0.25) is 12.2 Å². The van der Waals surface area contributed by atoms with Crippen molar-refractivity contribution in [1.29, 1.82) is 0 Å². The Balaban J connectivity index is 1.36. The number of fused-ring (bicyclic) bond motifs is 2. The number of esters is 3. The molecular formula is C68H97N3O28. The highest BCUT2D eigenvalue weighted by atomic mass is 16.7. The number of nitrogens with zero attached hydrogens (tertiary/aromatic N) is 1. The van der Waals surface area contributed by atoms with Gasteiger partial charge in [0.25, 0.3) is 0 Å². The second-order valence-electron chi connectivity index (χ2n) is 25.4. The summed E-state index contributed by atoms with van der Waals surface area (Å²) in [6, 6.07) is 0.561. The Labute approximate surface area is 573 Å². The number of cyclic esters (lactones) is 1. The van der Waals surface area contributed by atoms with Crippen LogP contribution < -0.4 is 15.4 Å². The number of nitro benzene ring substituents is 1. The Kier molecular flexibility index (Phi) is 32.9. The summed E-state index contributed by atoms with van der Waals surface area (Å²) in [6.45, 7) is 10.6. The number of aliphatic carboxylic acids is 1. The lowest BCUT2D eigenvalue weighted by atomic mass is 9.82. The predicted octanol–water partition coefficient (Wildman–Crippen LogP) is 2.33. The molecule has 0 aliphatic carbocycles. The molecule has 99 heavy (non-hydrogen) atoms. The number of benzene rings is 1. The van der Waals surface area contributed by atoms with Crippen LogP contribution in [0.4, 0.5) is 10.5 Å². The third-order valence-corrected chi connectivity index (χ3v) is 17.3. The minimum Gasteiger partial charge on any atom is -0.481 e. The molecule has 552 valence electrons. The summed E-state index contributed by atoms with van der Waals surface area (Å²) in [6.07, 6.45) is -5.99. The van der Waals surface area contributed by atoms with Gasteiger partial charge in [0.15, 0.2) is 17.8 Å². The van der Waals surface area contributed by atoms with Crippen molar-refractivity contribution in [2.24, 2.45) is 23.7 Å². The minimum absolute atomic E-state index is 0.0192. The molecule has 4 aliphatic heterocycles. The van der Waals surface area contributed by atoms with E-state index in [1.165, 1.54) is 32.1 Å². The molecule has 31 heteroatoms. The second kappa shape index (κ2) is 39.6. The molecule has 4 heterocycles. The first-order valence-corrected chi connectivity index (χ1v) is 32.7. The molecule has 4 aliphatic rings. The van der Waals surface area contributed by atoms with Crippen LogP contribution in [0.2, 0.25) is 0 Å². The Bertz CT molecular complexity index is 3050. The fourth-order valence-electron chi connectivity index (χ4n) is 11.8. The topological polar surface area (TPSA) is 475 Å². The molecule has 31 nitrogen and oxygen atoms in total. The molecule has 1 aromatic carbocycles. The number of carbonyl (C=O) groups is 6. The average molecular weight is 1400 g/mol. The molecule has 0 radical (unpaired) electrons. The van der Waals surface area contributed by atoms with Crippen molar-refractivity contribution < 1.29 is 132 Å². The summed E-state index contributed by atoms with van der Waals surface area (Å²) >= 11 is 0.